The topological polar surface area (TPSA) is 120 Å². The fourth-order valence-electron chi connectivity index (χ4n) is 4.13. The van der Waals surface area contributed by atoms with Crippen molar-refractivity contribution in [2.45, 2.75) is 18.7 Å². The van der Waals surface area contributed by atoms with Crippen LogP contribution in [0.1, 0.15) is 11.1 Å². The summed E-state index contributed by atoms with van der Waals surface area (Å²) < 4.78 is 32.7. The number of rotatable bonds is 1. The van der Waals surface area contributed by atoms with E-state index in [-0.39, 0.29) is 26.7 Å². The molecule has 5 aromatic rings. The van der Waals surface area contributed by atoms with E-state index in [1.165, 1.54) is 19.1 Å². The Labute approximate surface area is 169 Å². The zero-order chi connectivity index (χ0) is 21.4. The van der Waals surface area contributed by atoms with E-state index in [4.69, 9.17) is 0 Å². The van der Waals surface area contributed by atoms with Gasteiger partial charge in [0.2, 0.25) is 0 Å². The molecule has 8 heteroatoms. The quantitative estimate of drug-likeness (QED) is 0.283. The van der Waals surface area contributed by atoms with Crippen molar-refractivity contribution in [3.63, 3.8) is 0 Å². The highest BCUT2D eigenvalue weighted by Gasteiger charge is 2.18. The van der Waals surface area contributed by atoms with Crippen molar-refractivity contribution in [2.24, 2.45) is 0 Å². The first-order valence-electron chi connectivity index (χ1n) is 9.19. The van der Waals surface area contributed by atoms with Crippen LogP contribution < -0.4 is 10.9 Å². The number of aromatic nitrogens is 2. The number of para-hydroxylation sites is 1. The zero-order valence-electron chi connectivity index (χ0n) is 16.0. The van der Waals surface area contributed by atoms with Crippen LogP contribution in [0.4, 0.5) is 0 Å². The van der Waals surface area contributed by atoms with Crippen molar-refractivity contribution in [2.75, 3.05) is 0 Å². The van der Waals surface area contributed by atoms with Crippen molar-refractivity contribution in [3.8, 4) is 0 Å². The first-order valence-corrected chi connectivity index (χ1v) is 10.6. The number of benzene rings is 3. The van der Waals surface area contributed by atoms with Gasteiger partial charge in [0.25, 0.3) is 10.1 Å². The van der Waals surface area contributed by atoms with Crippen molar-refractivity contribution in [1.29, 1.82) is 0 Å². The third kappa shape index (κ3) is 2.51. The molecule has 0 aliphatic carbocycles. The molecule has 2 heterocycles. The number of aromatic amines is 2. The fourth-order valence-corrected chi connectivity index (χ4v) is 4.86. The monoisotopic (exact) mass is 420 g/mol. The average Bonchev–Trinajstić information content (AvgIpc) is 2.67. The molecule has 5 rings (SSSR count). The van der Waals surface area contributed by atoms with Crippen LogP contribution in [0.15, 0.2) is 56.9 Å². The minimum absolute atomic E-state index is 0.136. The maximum Gasteiger partial charge on any atom is 0.294 e. The molecule has 0 aliphatic rings. The number of fused-ring (bicyclic) bond motifs is 4. The lowest BCUT2D eigenvalue weighted by molar-refractivity contribution is 0.482. The molecule has 3 aromatic carbocycles. The van der Waals surface area contributed by atoms with E-state index < -0.39 is 10.1 Å². The molecular formula is C22H16N2O5S. The van der Waals surface area contributed by atoms with Gasteiger partial charge in [-0.15, -0.1) is 0 Å². The molecule has 0 radical (unpaired) electrons. The van der Waals surface area contributed by atoms with E-state index in [2.05, 4.69) is 9.97 Å². The van der Waals surface area contributed by atoms with Gasteiger partial charge in [-0.1, -0.05) is 12.1 Å². The molecule has 30 heavy (non-hydrogen) atoms. The lowest BCUT2D eigenvalue weighted by Crippen LogP contribution is -2.11. The summed E-state index contributed by atoms with van der Waals surface area (Å²) in [5.74, 6) is 0. The molecule has 2 aromatic heterocycles. The number of hydrogen-bond acceptors (Lipinski definition) is 4. The zero-order valence-corrected chi connectivity index (χ0v) is 16.8. The minimum Gasteiger partial charge on any atom is -0.354 e. The highest BCUT2D eigenvalue weighted by molar-refractivity contribution is 7.85. The van der Waals surface area contributed by atoms with Crippen LogP contribution in [0.25, 0.3) is 43.6 Å². The number of pyridine rings is 2. The summed E-state index contributed by atoms with van der Waals surface area (Å²) in [4.78, 5) is 32.4. The summed E-state index contributed by atoms with van der Waals surface area (Å²) in [6.07, 6.45) is 0. The second-order valence-electron chi connectivity index (χ2n) is 7.44. The predicted molar refractivity (Wildman–Crippen MR) is 117 cm³/mol. The normalized spacial score (nSPS) is 12.4. The molecular weight excluding hydrogens is 404 g/mol. The Morgan fingerprint density at radius 3 is 2.17 bits per heavy atom. The predicted octanol–water partition coefficient (Wildman–Crippen LogP) is 3.54. The molecule has 3 N–H and O–H groups in total. The van der Waals surface area contributed by atoms with Crippen molar-refractivity contribution in [3.05, 3.63) is 74.0 Å². The molecule has 0 saturated heterocycles. The molecule has 0 fully saturated rings. The molecule has 0 amide bonds. The molecule has 150 valence electrons. The van der Waals surface area contributed by atoms with Crippen LogP contribution in [-0.4, -0.2) is 22.9 Å². The van der Waals surface area contributed by atoms with Gasteiger partial charge in [0.15, 0.2) is 10.9 Å². The van der Waals surface area contributed by atoms with Gasteiger partial charge < -0.3 is 9.97 Å². The van der Waals surface area contributed by atoms with Crippen molar-refractivity contribution < 1.29 is 13.0 Å². The van der Waals surface area contributed by atoms with E-state index in [0.29, 0.717) is 38.2 Å². The van der Waals surface area contributed by atoms with Gasteiger partial charge in [-0.2, -0.15) is 8.42 Å². The Morgan fingerprint density at radius 2 is 1.47 bits per heavy atom. The van der Waals surface area contributed by atoms with Crippen LogP contribution in [0.5, 0.6) is 0 Å². The van der Waals surface area contributed by atoms with E-state index >= 15 is 0 Å². The second kappa shape index (κ2) is 6.01. The number of nitrogens with one attached hydrogen (secondary N) is 2. The fraction of sp³-hybridized carbons (Fsp3) is 0.0909. The smallest absolute Gasteiger partial charge is 0.294 e. The molecule has 0 bridgehead atoms. The van der Waals surface area contributed by atoms with Gasteiger partial charge >= 0.3 is 0 Å². The number of aryl methyl sites for hydroxylation is 2. The lowest BCUT2D eigenvalue weighted by atomic mass is 10.0. The van der Waals surface area contributed by atoms with E-state index in [1.54, 1.807) is 18.2 Å². The third-order valence-electron chi connectivity index (χ3n) is 5.61. The van der Waals surface area contributed by atoms with Crippen LogP contribution >= 0.6 is 0 Å². The van der Waals surface area contributed by atoms with Crippen LogP contribution in [0.2, 0.25) is 0 Å². The Kier molecular flexibility index (Phi) is 3.71. The van der Waals surface area contributed by atoms with Gasteiger partial charge in [-0.25, -0.2) is 0 Å². The van der Waals surface area contributed by atoms with Gasteiger partial charge in [0, 0.05) is 16.2 Å². The maximum atomic E-state index is 13.3. The first kappa shape index (κ1) is 18.5. The highest BCUT2D eigenvalue weighted by atomic mass is 32.2. The largest absolute Gasteiger partial charge is 0.354 e. The Balaban J connectivity index is 1.98. The Bertz CT molecular complexity index is 1780. The summed E-state index contributed by atoms with van der Waals surface area (Å²) in [6, 6.07) is 11.4. The van der Waals surface area contributed by atoms with Gasteiger partial charge in [0.05, 0.1) is 32.3 Å². The summed E-state index contributed by atoms with van der Waals surface area (Å²) in [7, 11) is -4.46. The minimum atomic E-state index is -4.46. The molecule has 0 aliphatic heterocycles. The van der Waals surface area contributed by atoms with Crippen molar-refractivity contribution in [1.82, 2.24) is 9.97 Å². The highest BCUT2D eigenvalue weighted by Crippen LogP contribution is 2.26. The van der Waals surface area contributed by atoms with Crippen LogP contribution in [-0.2, 0) is 10.1 Å². The van der Waals surface area contributed by atoms with E-state index in [1.807, 2.05) is 19.1 Å². The lowest BCUT2D eigenvalue weighted by Gasteiger charge is -2.10. The van der Waals surface area contributed by atoms with Gasteiger partial charge in [0.1, 0.15) is 0 Å². The summed E-state index contributed by atoms with van der Waals surface area (Å²) in [6.45, 7) is 3.37. The van der Waals surface area contributed by atoms with E-state index in [9.17, 15) is 22.6 Å². The Hall–Kier alpha value is -3.49. The SMILES string of the molecule is Cc1cccc2c(=O)c3cc4[nH]c5ccc(S(=O)(=O)O)c(C)c5c(=O)c4cc3[nH]c12. The number of hydrogen-bond donors (Lipinski definition) is 3. The molecule has 0 saturated carbocycles. The summed E-state index contributed by atoms with van der Waals surface area (Å²) in [5, 5.41) is 1.51. The van der Waals surface area contributed by atoms with E-state index in [0.717, 1.165) is 5.56 Å². The second-order valence-corrected chi connectivity index (χ2v) is 8.83. The van der Waals surface area contributed by atoms with Gasteiger partial charge in [-0.05, 0) is 55.3 Å². The Morgan fingerprint density at radius 1 is 0.800 bits per heavy atom. The molecule has 0 unspecified atom stereocenters. The average molecular weight is 420 g/mol. The molecule has 0 atom stereocenters. The first-order chi connectivity index (χ1) is 14.2. The summed E-state index contributed by atoms with van der Waals surface area (Å²) >= 11 is 0. The van der Waals surface area contributed by atoms with Crippen LogP contribution in [0, 0.1) is 13.8 Å². The van der Waals surface area contributed by atoms with Crippen LogP contribution in [0.3, 0.4) is 0 Å². The molecule has 7 nitrogen and oxygen atoms in total. The summed E-state index contributed by atoms with van der Waals surface area (Å²) in [5.41, 5.74) is 2.67. The van der Waals surface area contributed by atoms with Gasteiger partial charge in [-0.3, -0.25) is 14.1 Å². The van der Waals surface area contributed by atoms with Crippen molar-refractivity contribution >= 4 is 53.7 Å². The maximum absolute atomic E-state index is 13.3. The number of H-pyrrole nitrogens is 2. The molecule has 0 spiro atoms. The third-order valence-corrected chi connectivity index (χ3v) is 6.61. The standard InChI is InChI=1S/C22H16N2O5S/c1-10-4-3-5-12-20(10)24-17-9-14-16(8-13(17)21(12)25)23-15-6-7-18(30(27,28)29)11(2)19(15)22(14)26/h3-9H,1-2H3,(H,23,26)(H,24,25)(H,27,28,29).